The number of benzene rings is 1. The first-order valence-corrected chi connectivity index (χ1v) is 9.51. The summed E-state index contributed by atoms with van der Waals surface area (Å²) in [6.07, 6.45) is 7.45. The lowest BCUT2D eigenvalue weighted by Gasteiger charge is -2.31. The fourth-order valence-corrected chi connectivity index (χ4v) is 3.73. The van der Waals surface area contributed by atoms with E-state index in [0.29, 0.717) is 19.0 Å². The van der Waals surface area contributed by atoms with E-state index < -0.39 is 0 Å². The number of carbonyl (C=O) groups is 1. The van der Waals surface area contributed by atoms with E-state index in [0.717, 1.165) is 32.1 Å². The Bertz CT molecular complexity index is 512. The maximum absolute atomic E-state index is 12.9. The van der Waals surface area contributed by atoms with Gasteiger partial charge in [-0.05, 0) is 56.1 Å². The van der Waals surface area contributed by atoms with Crippen molar-refractivity contribution in [1.82, 2.24) is 4.90 Å². The number of aliphatic hydroxyl groups excluding tert-OH is 1. The van der Waals surface area contributed by atoms with Crippen molar-refractivity contribution in [3.63, 3.8) is 0 Å². The van der Waals surface area contributed by atoms with Crippen LogP contribution in [0.3, 0.4) is 0 Å². The molecule has 2 aliphatic rings. The molecule has 0 aliphatic heterocycles. The number of carbonyl (C=O) groups excluding carboxylic acids is 1. The predicted molar refractivity (Wildman–Crippen MR) is 89.8 cm³/mol. The molecule has 0 aromatic heterocycles. The smallest absolute Gasteiger partial charge is 0.226 e. The van der Waals surface area contributed by atoms with E-state index in [1.807, 2.05) is 0 Å². The monoisotopic (exact) mass is 319 g/mol. The van der Waals surface area contributed by atoms with Crippen LogP contribution in [0.15, 0.2) is 29.2 Å². The fraction of sp³-hybridized carbons (Fsp3) is 0.611. The third kappa shape index (κ3) is 3.85. The lowest BCUT2D eigenvalue weighted by molar-refractivity contribution is -0.139. The molecule has 0 bridgehead atoms. The van der Waals surface area contributed by atoms with Gasteiger partial charge in [0.2, 0.25) is 5.91 Å². The van der Waals surface area contributed by atoms with E-state index in [-0.39, 0.29) is 17.9 Å². The molecule has 3 nitrogen and oxygen atoms in total. The molecule has 2 fully saturated rings. The van der Waals surface area contributed by atoms with Crippen molar-refractivity contribution < 1.29 is 9.90 Å². The van der Waals surface area contributed by atoms with Gasteiger partial charge in [0.1, 0.15) is 0 Å². The van der Waals surface area contributed by atoms with Gasteiger partial charge in [0, 0.05) is 23.4 Å². The van der Waals surface area contributed by atoms with Gasteiger partial charge in [-0.25, -0.2) is 0 Å². The molecule has 2 saturated carbocycles. The van der Waals surface area contributed by atoms with Gasteiger partial charge in [0.05, 0.1) is 6.10 Å². The first kappa shape index (κ1) is 15.9. The Morgan fingerprint density at radius 3 is 2.55 bits per heavy atom. The zero-order valence-electron chi connectivity index (χ0n) is 13.2. The highest BCUT2D eigenvalue weighted by molar-refractivity contribution is 7.98. The van der Waals surface area contributed by atoms with E-state index in [2.05, 4.69) is 35.4 Å². The third-order valence-corrected chi connectivity index (χ3v) is 5.52. The van der Waals surface area contributed by atoms with Crippen LogP contribution < -0.4 is 0 Å². The van der Waals surface area contributed by atoms with E-state index in [4.69, 9.17) is 0 Å². The number of amides is 1. The van der Waals surface area contributed by atoms with Crippen molar-refractivity contribution in [3.05, 3.63) is 29.8 Å². The van der Waals surface area contributed by atoms with E-state index in [1.54, 1.807) is 11.8 Å². The number of hydrogen-bond donors (Lipinski definition) is 1. The summed E-state index contributed by atoms with van der Waals surface area (Å²) in [6, 6.07) is 8.93. The van der Waals surface area contributed by atoms with Crippen molar-refractivity contribution in [1.29, 1.82) is 0 Å². The van der Waals surface area contributed by atoms with Crippen LogP contribution in [0.25, 0.3) is 0 Å². The highest BCUT2D eigenvalue weighted by Crippen LogP contribution is 2.33. The lowest BCUT2D eigenvalue weighted by atomic mass is 9.86. The Morgan fingerprint density at radius 2 is 1.95 bits per heavy atom. The summed E-state index contributed by atoms with van der Waals surface area (Å²) in [4.78, 5) is 16.2. The number of aliphatic hydroxyl groups is 1. The van der Waals surface area contributed by atoms with Gasteiger partial charge in [0.15, 0.2) is 0 Å². The minimum Gasteiger partial charge on any atom is -0.393 e. The van der Waals surface area contributed by atoms with Gasteiger partial charge < -0.3 is 10.0 Å². The second kappa shape index (κ2) is 7.05. The molecular weight excluding hydrogens is 294 g/mol. The second-order valence-corrected chi connectivity index (χ2v) is 7.44. The summed E-state index contributed by atoms with van der Waals surface area (Å²) in [6.45, 7) is 0.713. The molecule has 4 heteroatoms. The zero-order chi connectivity index (χ0) is 15.5. The number of thioether (sulfide) groups is 1. The number of hydrogen-bond acceptors (Lipinski definition) is 3. The molecule has 1 N–H and O–H groups in total. The molecule has 0 radical (unpaired) electrons. The highest BCUT2D eigenvalue weighted by Gasteiger charge is 2.37. The first-order valence-electron chi connectivity index (χ1n) is 8.29. The third-order valence-electron chi connectivity index (χ3n) is 4.78. The molecule has 1 aromatic carbocycles. The summed E-state index contributed by atoms with van der Waals surface area (Å²) < 4.78 is 0. The van der Waals surface area contributed by atoms with E-state index >= 15 is 0 Å². The quantitative estimate of drug-likeness (QED) is 0.845. The molecule has 0 saturated heterocycles. The maximum atomic E-state index is 12.9. The minimum absolute atomic E-state index is 0.0230. The zero-order valence-corrected chi connectivity index (χ0v) is 14.0. The van der Waals surface area contributed by atoms with Crippen molar-refractivity contribution in [2.24, 2.45) is 5.92 Å². The molecule has 1 amide bonds. The molecule has 22 heavy (non-hydrogen) atoms. The van der Waals surface area contributed by atoms with Crippen LogP contribution >= 0.6 is 11.8 Å². The van der Waals surface area contributed by atoms with Crippen LogP contribution in [0, 0.1) is 5.92 Å². The average Bonchev–Trinajstić information content (AvgIpc) is 3.37. The number of rotatable bonds is 5. The summed E-state index contributed by atoms with van der Waals surface area (Å²) in [5, 5.41) is 9.84. The van der Waals surface area contributed by atoms with Crippen LogP contribution in [0.1, 0.15) is 44.1 Å². The van der Waals surface area contributed by atoms with Crippen LogP contribution in [-0.2, 0) is 11.3 Å². The Morgan fingerprint density at radius 1 is 1.23 bits per heavy atom. The molecule has 1 aromatic rings. The fourth-order valence-electron chi connectivity index (χ4n) is 3.32. The van der Waals surface area contributed by atoms with E-state index in [1.165, 1.54) is 10.5 Å². The molecule has 0 spiro atoms. The van der Waals surface area contributed by atoms with Crippen LogP contribution in [0.2, 0.25) is 0 Å². The summed E-state index contributed by atoms with van der Waals surface area (Å²) in [7, 11) is 0. The summed E-state index contributed by atoms with van der Waals surface area (Å²) in [5.41, 5.74) is 1.20. The maximum Gasteiger partial charge on any atom is 0.226 e. The molecule has 3 rings (SSSR count). The van der Waals surface area contributed by atoms with Gasteiger partial charge in [0.25, 0.3) is 0 Å². The molecule has 2 aliphatic carbocycles. The molecule has 0 unspecified atom stereocenters. The Kier molecular flexibility index (Phi) is 5.09. The SMILES string of the molecule is CSc1ccc(CN(C(=O)[C@H]2CCC[C@@H](O)C2)C2CC2)cc1. The minimum atomic E-state index is -0.287. The Labute approximate surface area is 137 Å². The Hall–Kier alpha value is -1.00. The predicted octanol–water partition coefficient (Wildman–Crippen LogP) is 3.45. The average molecular weight is 319 g/mol. The first-order chi connectivity index (χ1) is 10.7. The van der Waals surface area contributed by atoms with Gasteiger partial charge in [-0.1, -0.05) is 18.6 Å². The van der Waals surface area contributed by atoms with E-state index in [9.17, 15) is 9.90 Å². The molecule has 0 heterocycles. The largest absolute Gasteiger partial charge is 0.393 e. The molecule has 120 valence electrons. The van der Waals surface area contributed by atoms with Crippen molar-refractivity contribution in [2.75, 3.05) is 6.26 Å². The van der Waals surface area contributed by atoms with Crippen molar-refractivity contribution in [3.8, 4) is 0 Å². The summed E-state index contributed by atoms with van der Waals surface area (Å²) >= 11 is 1.74. The van der Waals surface area contributed by atoms with Crippen LogP contribution in [0.5, 0.6) is 0 Å². The molecular formula is C18H25NO2S. The second-order valence-electron chi connectivity index (χ2n) is 6.56. The van der Waals surface area contributed by atoms with Crippen molar-refractivity contribution in [2.45, 2.75) is 62.1 Å². The van der Waals surface area contributed by atoms with Gasteiger partial charge >= 0.3 is 0 Å². The van der Waals surface area contributed by atoms with Gasteiger partial charge in [-0.15, -0.1) is 11.8 Å². The summed E-state index contributed by atoms with van der Waals surface area (Å²) in [5.74, 6) is 0.282. The number of nitrogens with zero attached hydrogens (tertiary/aromatic N) is 1. The van der Waals surface area contributed by atoms with Gasteiger partial charge in [-0.2, -0.15) is 0 Å². The standard InChI is InChI=1S/C18H25NO2S/c1-22-17-9-5-13(6-10-17)12-19(15-7-8-15)18(21)14-3-2-4-16(20)11-14/h5-6,9-10,14-16,20H,2-4,7-8,11-12H2,1H3/t14-,16+/m0/s1. The van der Waals surface area contributed by atoms with Crippen LogP contribution in [0.4, 0.5) is 0 Å². The van der Waals surface area contributed by atoms with Gasteiger partial charge in [-0.3, -0.25) is 4.79 Å². The van der Waals surface area contributed by atoms with Crippen LogP contribution in [-0.4, -0.2) is 34.3 Å². The normalized spacial score (nSPS) is 25.0. The highest BCUT2D eigenvalue weighted by atomic mass is 32.2. The topological polar surface area (TPSA) is 40.5 Å². The Balaban J connectivity index is 1.67. The lowest BCUT2D eigenvalue weighted by Crippen LogP contribution is -2.40. The molecule has 2 atom stereocenters. The van der Waals surface area contributed by atoms with Crippen molar-refractivity contribution >= 4 is 17.7 Å².